The molecule has 3 nitrogen and oxygen atoms in total. The first-order chi connectivity index (χ1) is 8.72. The number of anilines is 2. The Hall–Kier alpha value is -1.94. The van der Waals surface area contributed by atoms with E-state index in [1.807, 2.05) is 12.3 Å². The number of benzene rings is 1. The van der Waals surface area contributed by atoms with Crippen molar-refractivity contribution in [2.75, 3.05) is 5.32 Å². The first-order valence-corrected chi connectivity index (χ1v) is 6.59. The molecular formula is C14H13N3S. The van der Waals surface area contributed by atoms with Gasteiger partial charge >= 0.3 is 0 Å². The number of fused-ring (bicyclic) bond motifs is 1. The van der Waals surface area contributed by atoms with Gasteiger partial charge in [-0.1, -0.05) is 17.4 Å². The van der Waals surface area contributed by atoms with E-state index in [4.69, 9.17) is 0 Å². The summed E-state index contributed by atoms with van der Waals surface area (Å²) < 4.78 is 1.21. The number of hydrogen-bond acceptors (Lipinski definition) is 4. The van der Waals surface area contributed by atoms with Crippen molar-refractivity contribution in [3.8, 4) is 0 Å². The summed E-state index contributed by atoms with van der Waals surface area (Å²) in [7, 11) is 0. The van der Waals surface area contributed by atoms with Gasteiger partial charge in [-0.2, -0.15) is 0 Å². The molecule has 1 N–H and O–H groups in total. The lowest BCUT2D eigenvalue weighted by Crippen LogP contribution is -1.92. The summed E-state index contributed by atoms with van der Waals surface area (Å²) in [6, 6.07) is 8.29. The Kier molecular flexibility index (Phi) is 2.72. The molecule has 2 heterocycles. The molecule has 0 aliphatic heterocycles. The third-order valence-corrected chi connectivity index (χ3v) is 3.76. The molecule has 3 aromatic rings. The van der Waals surface area contributed by atoms with Crippen LogP contribution < -0.4 is 5.32 Å². The highest BCUT2D eigenvalue weighted by Crippen LogP contribution is 2.29. The minimum absolute atomic E-state index is 0.909. The number of hydrogen-bond donors (Lipinski definition) is 1. The molecule has 0 aliphatic rings. The second kappa shape index (κ2) is 4.38. The normalized spacial score (nSPS) is 10.8. The lowest BCUT2D eigenvalue weighted by atomic mass is 10.2. The number of aryl methyl sites for hydroxylation is 2. The molecule has 18 heavy (non-hydrogen) atoms. The van der Waals surface area contributed by atoms with E-state index in [-0.39, 0.29) is 0 Å². The number of pyridine rings is 1. The molecule has 0 aliphatic carbocycles. The molecule has 3 rings (SSSR count). The summed E-state index contributed by atoms with van der Waals surface area (Å²) in [6.07, 6.45) is 3.62. The van der Waals surface area contributed by atoms with Gasteiger partial charge in [-0.15, -0.1) is 0 Å². The van der Waals surface area contributed by atoms with Crippen LogP contribution >= 0.6 is 11.3 Å². The first-order valence-electron chi connectivity index (χ1n) is 5.77. The van der Waals surface area contributed by atoms with Gasteiger partial charge in [-0.05, 0) is 43.2 Å². The highest BCUT2D eigenvalue weighted by atomic mass is 32.1. The zero-order chi connectivity index (χ0) is 12.5. The predicted octanol–water partition coefficient (Wildman–Crippen LogP) is 4.05. The molecule has 0 saturated carbocycles. The van der Waals surface area contributed by atoms with Gasteiger partial charge in [0.05, 0.1) is 22.1 Å². The SMILES string of the molecule is Cc1ccc2nc(Nc3cnccc3C)sc2c1. The first kappa shape index (κ1) is 11.2. The molecule has 0 bridgehead atoms. The van der Waals surface area contributed by atoms with Gasteiger partial charge in [0.15, 0.2) is 5.13 Å². The second-order valence-electron chi connectivity index (χ2n) is 4.31. The maximum Gasteiger partial charge on any atom is 0.188 e. The summed E-state index contributed by atoms with van der Waals surface area (Å²) in [5, 5.41) is 4.23. The zero-order valence-electron chi connectivity index (χ0n) is 10.3. The van der Waals surface area contributed by atoms with E-state index < -0.39 is 0 Å². The summed E-state index contributed by atoms with van der Waals surface area (Å²) in [5.74, 6) is 0. The van der Waals surface area contributed by atoms with Gasteiger partial charge in [0.2, 0.25) is 0 Å². The Balaban J connectivity index is 1.98. The number of aromatic nitrogens is 2. The largest absolute Gasteiger partial charge is 0.330 e. The predicted molar refractivity (Wildman–Crippen MR) is 76.6 cm³/mol. The van der Waals surface area contributed by atoms with Crippen molar-refractivity contribution < 1.29 is 0 Å². The Morgan fingerprint density at radius 3 is 2.89 bits per heavy atom. The minimum Gasteiger partial charge on any atom is -0.330 e. The Labute approximate surface area is 110 Å². The molecule has 2 aromatic heterocycles. The van der Waals surface area contributed by atoms with Crippen molar-refractivity contribution in [2.24, 2.45) is 0 Å². The van der Waals surface area contributed by atoms with Crippen LogP contribution in [0.4, 0.5) is 10.8 Å². The summed E-state index contributed by atoms with van der Waals surface area (Å²) in [5.41, 5.74) is 4.47. The molecule has 0 radical (unpaired) electrons. The summed E-state index contributed by atoms with van der Waals surface area (Å²) >= 11 is 1.66. The van der Waals surface area contributed by atoms with Crippen molar-refractivity contribution >= 4 is 32.4 Å². The molecular weight excluding hydrogens is 242 g/mol. The molecule has 1 aromatic carbocycles. The molecule has 4 heteroatoms. The van der Waals surface area contributed by atoms with Crippen molar-refractivity contribution in [1.82, 2.24) is 9.97 Å². The van der Waals surface area contributed by atoms with Crippen LogP contribution in [0.25, 0.3) is 10.2 Å². The topological polar surface area (TPSA) is 37.8 Å². The standard InChI is InChI=1S/C14H13N3S/c1-9-3-4-11-13(7-9)18-14(16-11)17-12-8-15-6-5-10(12)2/h3-8H,1-2H3,(H,16,17). The lowest BCUT2D eigenvalue weighted by Gasteiger charge is -2.04. The van der Waals surface area contributed by atoms with Gasteiger partial charge < -0.3 is 5.32 Å². The fourth-order valence-electron chi connectivity index (χ4n) is 1.80. The number of nitrogens with zero attached hydrogens (tertiary/aromatic N) is 2. The van der Waals surface area contributed by atoms with E-state index in [0.717, 1.165) is 16.3 Å². The zero-order valence-corrected chi connectivity index (χ0v) is 11.1. The van der Waals surface area contributed by atoms with Gasteiger partial charge in [0, 0.05) is 6.20 Å². The highest BCUT2D eigenvalue weighted by Gasteiger charge is 2.05. The number of nitrogens with one attached hydrogen (secondary N) is 1. The van der Waals surface area contributed by atoms with E-state index in [2.05, 4.69) is 47.3 Å². The molecule has 0 saturated heterocycles. The Morgan fingerprint density at radius 2 is 2.06 bits per heavy atom. The molecule has 0 amide bonds. The van der Waals surface area contributed by atoms with E-state index in [0.29, 0.717) is 0 Å². The van der Waals surface area contributed by atoms with Crippen LogP contribution in [-0.4, -0.2) is 9.97 Å². The van der Waals surface area contributed by atoms with Crippen LogP contribution in [0.1, 0.15) is 11.1 Å². The van der Waals surface area contributed by atoms with Crippen molar-refractivity contribution in [3.05, 3.63) is 47.8 Å². The fraction of sp³-hybridized carbons (Fsp3) is 0.143. The smallest absolute Gasteiger partial charge is 0.188 e. The van der Waals surface area contributed by atoms with Crippen molar-refractivity contribution in [3.63, 3.8) is 0 Å². The van der Waals surface area contributed by atoms with Crippen LogP contribution in [0.15, 0.2) is 36.7 Å². The molecule has 0 unspecified atom stereocenters. The third kappa shape index (κ3) is 2.07. The fourth-order valence-corrected chi connectivity index (χ4v) is 2.77. The van der Waals surface area contributed by atoms with E-state index in [9.17, 15) is 0 Å². The van der Waals surface area contributed by atoms with Crippen molar-refractivity contribution in [1.29, 1.82) is 0 Å². The number of thiazole rings is 1. The highest BCUT2D eigenvalue weighted by molar-refractivity contribution is 7.22. The van der Waals surface area contributed by atoms with Gasteiger partial charge in [-0.3, -0.25) is 4.98 Å². The average Bonchev–Trinajstić information content (AvgIpc) is 2.73. The number of rotatable bonds is 2. The summed E-state index contributed by atoms with van der Waals surface area (Å²) in [6.45, 7) is 4.15. The van der Waals surface area contributed by atoms with Crippen molar-refractivity contribution in [2.45, 2.75) is 13.8 Å². The molecule has 0 atom stereocenters. The summed E-state index contributed by atoms with van der Waals surface area (Å²) in [4.78, 5) is 8.69. The van der Waals surface area contributed by atoms with Gasteiger partial charge in [0.25, 0.3) is 0 Å². The monoisotopic (exact) mass is 255 g/mol. The third-order valence-electron chi connectivity index (χ3n) is 2.82. The molecule has 0 fully saturated rings. The van der Waals surface area contributed by atoms with E-state index in [1.54, 1.807) is 17.5 Å². The van der Waals surface area contributed by atoms with Crippen LogP contribution in [-0.2, 0) is 0 Å². The minimum atomic E-state index is 0.909. The quantitative estimate of drug-likeness (QED) is 0.750. The Bertz CT molecular complexity index is 703. The van der Waals surface area contributed by atoms with Gasteiger partial charge in [0.1, 0.15) is 0 Å². The second-order valence-corrected chi connectivity index (χ2v) is 5.34. The Morgan fingerprint density at radius 1 is 1.17 bits per heavy atom. The van der Waals surface area contributed by atoms with Crippen LogP contribution in [0, 0.1) is 13.8 Å². The average molecular weight is 255 g/mol. The maximum atomic E-state index is 4.57. The van der Waals surface area contributed by atoms with E-state index in [1.165, 1.54) is 15.8 Å². The van der Waals surface area contributed by atoms with Gasteiger partial charge in [-0.25, -0.2) is 4.98 Å². The van der Waals surface area contributed by atoms with Crippen LogP contribution in [0.5, 0.6) is 0 Å². The van der Waals surface area contributed by atoms with Crippen LogP contribution in [0.2, 0.25) is 0 Å². The lowest BCUT2D eigenvalue weighted by molar-refractivity contribution is 1.27. The van der Waals surface area contributed by atoms with Crippen LogP contribution in [0.3, 0.4) is 0 Å². The molecule has 90 valence electrons. The maximum absolute atomic E-state index is 4.57. The van der Waals surface area contributed by atoms with E-state index >= 15 is 0 Å². The molecule has 0 spiro atoms.